The number of aromatic nitrogens is 2. The summed E-state index contributed by atoms with van der Waals surface area (Å²) in [6, 6.07) is 5.71. The zero-order chi connectivity index (χ0) is 17.7. The maximum absolute atomic E-state index is 12.6. The summed E-state index contributed by atoms with van der Waals surface area (Å²) in [7, 11) is -0.722. The fourth-order valence-corrected chi connectivity index (χ4v) is 3.23. The molecular weight excluding hydrogens is 347 g/mol. The number of hydrogen-bond donors (Lipinski definition) is 0. The van der Waals surface area contributed by atoms with Gasteiger partial charge in [-0.1, -0.05) is 5.16 Å². The van der Waals surface area contributed by atoms with Crippen LogP contribution in [0.2, 0.25) is 0 Å². The van der Waals surface area contributed by atoms with Crippen molar-refractivity contribution in [3.63, 3.8) is 0 Å². The van der Waals surface area contributed by atoms with Gasteiger partial charge in [0.1, 0.15) is 0 Å². The van der Waals surface area contributed by atoms with E-state index in [-0.39, 0.29) is 23.0 Å². The van der Waals surface area contributed by atoms with Gasteiger partial charge < -0.3 is 4.52 Å². The van der Waals surface area contributed by atoms with Gasteiger partial charge in [-0.3, -0.25) is 0 Å². The van der Waals surface area contributed by atoms with Crippen molar-refractivity contribution < 1.29 is 26.1 Å². The van der Waals surface area contributed by atoms with Gasteiger partial charge >= 0.3 is 6.18 Å². The van der Waals surface area contributed by atoms with Gasteiger partial charge in [0.2, 0.25) is 10.0 Å². The molecule has 2 aromatic rings. The van der Waals surface area contributed by atoms with Crippen LogP contribution >= 0.6 is 0 Å². The molecule has 1 saturated carbocycles. The predicted octanol–water partition coefficient (Wildman–Crippen LogP) is 2.65. The molecule has 0 radical (unpaired) electrons. The van der Waals surface area contributed by atoms with Crippen molar-refractivity contribution >= 4 is 10.0 Å². The van der Waals surface area contributed by atoms with E-state index in [0.717, 1.165) is 4.31 Å². The summed E-state index contributed by atoms with van der Waals surface area (Å²) in [5, 5.41) is 3.61. The van der Waals surface area contributed by atoms with Gasteiger partial charge in [0.15, 0.2) is 5.82 Å². The van der Waals surface area contributed by atoms with E-state index in [4.69, 9.17) is 4.52 Å². The third-order valence-electron chi connectivity index (χ3n) is 3.86. The quantitative estimate of drug-likeness (QED) is 0.837. The molecule has 130 valence electrons. The Morgan fingerprint density at radius 2 is 1.83 bits per heavy atom. The molecule has 24 heavy (non-hydrogen) atoms. The fraction of sp³-hybridized carbons (Fsp3) is 0.429. The average molecular weight is 361 g/mol. The number of halogens is 3. The molecular formula is C14H14F3N3O3S. The number of hydrogen-bond acceptors (Lipinski definition) is 5. The molecule has 0 saturated heterocycles. The van der Waals surface area contributed by atoms with Crippen molar-refractivity contribution in [2.75, 3.05) is 14.1 Å². The van der Waals surface area contributed by atoms with E-state index >= 15 is 0 Å². The Labute approximate surface area is 136 Å². The molecule has 2 atom stereocenters. The molecule has 1 heterocycles. The van der Waals surface area contributed by atoms with E-state index in [1.807, 2.05) is 0 Å². The second kappa shape index (κ2) is 5.55. The Morgan fingerprint density at radius 3 is 2.33 bits per heavy atom. The molecule has 3 rings (SSSR count). The maximum atomic E-state index is 12.6. The second-order valence-corrected chi connectivity index (χ2v) is 7.91. The van der Waals surface area contributed by atoms with Crippen LogP contribution in [0.4, 0.5) is 13.2 Å². The Hall–Kier alpha value is -1.94. The third kappa shape index (κ3) is 3.03. The smallest absolute Gasteiger partial charge is 0.334 e. The molecule has 0 unspecified atom stereocenters. The van der Waals surface area contributed by atoms with E-state index in [2.05, 4.69) is 10.1 Å². The van der Waals surface area contributed by atoms with Crippen LogP contribution in [0.25, 0.3) is 11.5 Å². The van der Waals surface area contributed by atoms with Gasteiger partial charge in [0, 0.05) is 25.6 Å². The van der Waals surface area contributed by atoms with Crippen LogP contribution in [0, 0.1) is 5.92 Å². The highest BCUT2D eigenvalue weighted by Gasteiger charge is 2.58. The molecule has 1 aromatic carbocycles. The first-order valence-electron chi connectivity index (χ1n) is 7.04. The SMILES string of the molecule is CN(C)S(=O)(=O)c1ccc(-c2nc([C@@H]3C[C@H]3C(F)(F)F)no2)cc1. The van der Waals surface area contributed by atoms with Crippen LogP contribution in [0.15, 0.2) is 33.7 Å². The number of sulfonamides is 1. The van der Waals surface area contributed by atoms with E-state index in [0.29, 0.717) is 5.56 Å². The Bertz CT molecular complexity index is 844. The maximum Gasteiger partial charge on any atom is 0.392 e. The summed E-state index contributed by atoms with van der Waals surface area (Å²) in [6.45, 7) is 0. The van der Waals surface area contributed by atoms with E-state index in [9.17, 15) is 21.6 Å². The minimum Gasteiger partial charge on any atom is -0.334 e. The van der Waals surface area contributed by atoms with Crippen molar-refractivity contribution in [1.82, 2.24) is 14.4 Å². The highest BCUT2D eigenvalue weighted by atomic mass is 32.2. The highest BCUT2D eigenvalue weighted by Crippen LogP contribution is 2.55. The zero-order valence-electron chi connectivity index (χ0n) is 12.8. The molecule has 0 spiro atoms. The van der Waals surface area contributed by atoms with Crippen LogP contribution in [0.5, 0.6) is 0 Å². The lowest BCUT2D eigenvalue weighted by atomic mass is 10.2. The first-order valence-corrected chi connectivity index (χ1v) is 8.48. The third-order valence-corrected chi connectivity index (χ3v) is 5.69. The predicted molar refractivity (Wildman–Crippen MR) is 77.5 cm³/mol. The van der Waals surface area contributed by atoms with Gasteiger partial charge in [0.25, 0.3) is 5.89 Å². The lowest BCUT2D eigenvalue weighted by molar-refractivity contribution is -0.148. The Balaban J connectivity index is 1.80. The normalized spacial score (nSPS) is 21.2. The van der Waals surface area contributed by atoms with Crippen LogP contribution in [0.1, 0.15) is 18.2 Å². The summed E-state index contributed by atoms with van der Waals surface area (Å²) in [5.41, 5.74) is 0.440. The molecule has 0 aliphatic heterocycles. The Morgan fingerprint density at radius 1 is 1.21 bits per heavy atom. The first kappa shape index (κ1) is 16.9. The van der Waals surface area contributed by atoms with Gasteiger partial charge in [-0.25, -0.2) is 12.7 Å². The number of benzene rings is 1. The van der Waals surface area contributed by atoms with Crippen LogP contribution < -0.4 is 0 Å². The zero-order valence-corrected chi connectivity index (χ0v) is 13.6. The van der Waals surface area contributed by atoms with Gasteiger partial charge in [-0.15, -0.1) is 0 Å². The fourth-order valence-electron chi connectivity index (χ4n) is 2.33. The van der Waals surface area contributed by atoms with Gasteiger partial charge in [-0.2, -0.15) is 18.2 Å². The summed E-state index contributed by atoms with van der Waals surface area (Å²) in [6.07, 6.45) is -4.30. The van der Waals surface area contributed by atoms with Crippen molar-refractivity contribution in [3.8, 4) is 11.5 Å². The molecule has 6 nitrogen and oxygen atoms in total. The molecule has 1 fully saturated rings. The number of nitrogens with zero attached hydrogens (tertiary/aromatic N) is 3. The summed E-state index contributed by atoms with van der Waals surface area (Å²) < 4.78 is 67.8. The standard InChI is InChI=1S/C14H14F3N3O3S/c1-20(2)24(21,22)9-5-3-8(4-6-9)13-18-12(19-23-13)10-7-11(10)14(15,16)17/h3-6,10-11H,7H2,1-2H3/t10-,11-/m1/s1. The molecule has 1 aliphatic carbocycles. The molecule has 1 aliphatic rings. The van der Waals surface area contributed by atoms with Crippen molar-refractivity contribution in [3.05, 3.63) is 30.1 Å². The lowest BCUT2D eigenvalue weighted by Crippen LogP contribution is -2.22. The van der Waals surface area contributed by atoms with Gasteiger partial charge in [0.05, 0.1) is 10.8 Å². The minimum atomic E-state index is -4.26. The van der Waals surface area contributed by atoms with Crippen LogP contribution in [-0.2, 0) is 10.0 Å². The molecule has 0 bridgehead atoms. The Kier molecular flexibility index (Phi) is 3.91. The van der Waals surface area contributed by atoms with Gasteiger partial charge in [-0.05, 0) is 30.7 Å². The van der Waals surface area contributed by atoms with Crippen LogP contribution in [-0.4, -0.2) is 43.1 Å². The summed E-state index contributed by atoms with van der Waals surface area (Å²) >= 11 is 0. The average Bonchev–Trinajstić information content (AvgIpc) is 3.18. The topological polar surface area (TPSA) is 76.3 Å². The second-order valence-electron chi connectivity index (χ2n) is 5.76. The monoisotopic (exact) mass is 361 g/mol. The van der Waals surface area contributed by atoms with Crippen LogP contribution in [0.3, 0.4) is 0 Å². The van der Waals surface area contributed by atoms with Crippen molar-refractivity contribution in [1.29, 1.82) is 0 Å². The lowest BCUT2D eigenvalue weighted by Gasteiger charge is -2.10. The minimum absolute atomic E-state index is 0.0253. The summed E-state index contributed by atoms with van der Waals surface area (Å²) in [4.78, 5) is 4.09. The number of rotatable bonds is 4. The van der Waals surface area contributed by atoms with Crippen molar-refractivity contribution in [2.45, 2.75) is 23.4 Å². The van der Waals surface area contributed by atoms with E-state index in [1.54, 1.807) is 0 Å². The number of alkyl halides is 3. The van der Waals surface area contributed by atoms with Crippen molar-refractivity contribution in [2.24, 2.45) is 5.92 Å². The summed E-state index contributed by atoms with van der Waals surface area (Å²) in [5.74, 6) is -2.10. The molecule has 10 heteroatoms. The molecule has 0 N–H and O–H groups in total. The molecule has 1 aromatic heterocycles. The largest absolute Gasteiger partial charge is 0.392 e. The first-order chi connectivity index (χ1) is 11.1. The molecule has 0 amide bonds. The van der Waals surface area contributed by atoms with E-state index in [1.165, 1.54) is 38.4 Å². The highest BCUT2D eigenvalue weighted by molar-refractivity contribution is 7.89. The van der Waals surface area contributed by atoms with E-state index < -0.39 is 28.0 Å².